The number of rotatable bonds is 10. The smallest absolute Gasteiger partial charge is 0.148 e. The second kappa shape index (κ2) is 11.1. The monoisotopic (exact) mass is 329 g/mol. The van der Waals surface area contributed by atoms with Gasteiger partial charge in [0.1, 0.15) is 12.4 Å². The van der Waals surface area contributed by atoms with Gasteiger partial charge < -0.3 is 19.9 Å². The van der Waals surface area contributed by atoms with Gasteiger partial charge in [0, 0.05) is 38.3 Å². The van der Waals surface area contributed by atoms with E-state index in [9.17, 15) is 0 Å². The van der Waals surface area contributed by atoms with Gasteiger partial charge in [-0.1, -0.05) is 31.0 Å². The zero-order valence-electron chi connectivity index (χ0n) is 15.0. The molecule has 0 aromatic heterocycles. The van der Waals surface area contributed by atoms with E-state index in [1.807, 2.05) is 18.2 Å². The molecule has 2 rings (SSSR count). The number of para-hydroxylation sites is 1. The van der Waals surface area contributed by atoms with E-state index in [0.29, 0.717) is 6.61 Å². The van der Waals surface area contributed by atoms with E-state index < -0.39 is 0 Å². The van der Waals surface area contributed by atoms with Crippen LogP contribution >= 0.6 is 0 Å². The molecule has 24 heavy (non-hydrogen) atoms. The highest BCUT2D eigenvalue weighted by Crippen LogP contribution is 2.17. The summed E-state index contributed by atoms with van der Waals surface area (Å²) in [7, 11) is 0. The standard InChI is InChI=1S/C20H31N3O/c1-3-17-24-20-10-6-5-9-19(20)18-21-11-7-8-12-23-15-13-22(4-2)14-16-23/h1,5-6,9-10,21H,4,7-8,11-18H2,2H3. The average Bonchev–Trinajstić information content (AvgIpc) is 2.64. The molecule has 0 aliphatic carbocycles. The molecule has 1 aromatic carbocycles. The Morgan fingerprint density at radius 2 is 1.88 bits per heavy atom. The topological polar surface area (TPSA) is 27.7 Å². The Morgan fingerprint density at radius 1 is 1.12 bits per heavy atom. The predicted octanol–water partition coefficient (Wildman–Crippen LogP) is 2.21. The van der Waals surface area contributed by atoms with E-state index in [2.05, 4.69) is 34.0 Å². The molecular formula is C20H31N3O. The van der Waals surface area contributed by atoms with Crippen molar-refractivity contribution in [3.63, 3.8) is 0 Å². The van der Waals surface area contributed by atoms with E-state index in [1.54, 1.807) is 0 Å². The quantitative estimate of drug-likeness (QED) is 0.526. The number of terminal acetylenes is 1. The van der Waals surface area contributed by atoms with Crippen molar-refractivity contribution < 1.29 is 4.74 Å². The van der Waals surface area contributed by atoms with Crippen molar-refractivity contribution >= 4 is 0 Å². The first-order valence-corrected chi connectivity index (χ1v) is 9.13. The summed E-state index contributed by atoms with van der Waals surface area (Å²) >= 11 is 0. The van der Waals surface area contributed by atoms with Gasteiger partial charge in [-0.3, -0.25) is 0 Å². The maximum absolute atomic E-state index is 5.57. The van der Waals surface area contributed by atoms with Gasteiger partial charge in [0.15, 0.2) is 0 Å². The second-order valence-electron chi connectivity index (χ2n) is 6.26. The van der Waals surface area contributed by atoms with Gasteiger partial charge in [-0.25, -0.2) is 0 Å². The number of hydrogen-bond acceptors (Lipinski definition) is 4. The van der Waals surface area contributed by atoms with E-state index in [1.165, 1.54) is 57.7 Å². The molecule has 0 atom stereocenters. The van der Waals surface area contributed by atoms with Crippen molar-refractivity contribution in [3.8, 4) is 18.1 Å². The Kier molecular flexibility index (Phi) is 8.69. The Bertz CT molecular complexity index is 504. The van der Waals surface area contributed by atoms with Gasteiger partial charge in [0.2, 0.25) is 0 Å². The summed E-state index contributed by atoms with van der Waals surface area (Å²) in [5, 5.41) is 3.51. The van der Waals surface area contributed by atoms with Gasteiger partial charge >= 0.3 is 0 Å². The lowest BCUT2D eigenvalue weighted by molar-refractivity contribution is 0.135. The molecule has 4 heteroatoms. The first-order chi connectivity index (χ1) is 11.8. The van der Waals surface area contributed by atoms with Crippen molar-refractivity contribution in [1.29, 1.82) is 0 Å². The fourth-order valence-corrected chi connectivity index (χ4v) is 3.05. The van der Waals surface area contributed by atoms with Gasteiger partial charge in [-0.05, 0) is 38.5 Å². The number of nitrogens with one attached hydrogen (secondary N) is 1. The number of benzene rings is 1. The number of nitrogens with zero attached hydrogens (tertiary/aromatic N) is 2. The highest BCUT2D eigenvalue weighted by Gasteiger charge is 2.14. The van der Waals surface area contributed by atoms with Crippen LogP contribution in [0.25, 0.3) is 0 Å². The maximum Gasteiger partial charge on any atom is 0.148 e. The van der Waals surface area contributed by atoms with Crippen LogP contribution in [0.5, 0.6) is 5.75 Å². The third-order valence-electron chi connectivity index (χ3n) is 4.59. The summed E-state index contributed by atoms with van der Waals surface area (Å²) in [4.78, 5) is 5.12. The molecule has 1 aliphatic heterocycles. The molecule has 0 saturated carbocycles. The van der Waals surface area contributed by atoms with E-state index in [4.69, 9.17) is 11.2 Å². The lowest BCUT2D eigenvalue weighted by Crippen LogP contribution is -2.46. The van der Waals surface area contributed by atoms with Crippen LogP contribution in [0, 0.1) is 12.3 Å². The number of likely N-dealkylation sites (N-methyl/N-ethyl adjacent to an activating group) is 1. The lowest BCUT2D eigenvalue weighted by Gasteiger charge is -2.33. The van der Waals surface area contributed by atoms with Crippen LogP contribution in [0.15, 0.2) is 24.3 Å². The Morgan fingerprint density at radius 3 is 2.62 bits per heavy atom. The number of ether oxygens (including phenoxy) is 1. The van der Waals surface area contributed by atoms with E-state index in [-0.39, 0.29) is 0 Å². The second-order valence-corrected chi connectivity index (χ2v) is 6.26. The van der Waals surface area contributed by atoms with Crippen LogP contribution < -0.4 is 10.1 Å². The number of hydrogen-bond donors (Lipinski definition) is 1. The van der Waals surface area contributed by atoms with Crippen molar-refractivity contribution in [2.75, 3.05) is 52.4 Å². The molecular weight excluding hydrogens is 298 g/mol. The number of unbranched alkanes of at least 4 members (excludes halogenated alkanes) is 1. The molecule has 0 amide bonds. The predicted molar refractivity (Wildman–Crippen MR) is 100 cm³/mol. The van der Waals surface area contributed by atoms with Crippen LogP contribution in [0.4, 0.5) is 0 Å². The average molecular weight is 329 g/mol. The molecule has 0 spiro atoms. The molecule has 132 valence electrons. The summed E-state index contributed by atoms with van der Waals surface area (Å²) < 4.78 is 5.57. The Balaban J connectivity index is 1.56. The molecule has 1 N–H and O–H groups in total. The molecule has 1 aliphatic rings. The fourth-order valence-electron chi connectivity index (χ4n) is 3.05. The normalized spacial score (nSPS) is 16.0. The molecule has 1 fully saturated rings. The minimum Gasteiger partial charge on any atom is -0.481 e. The summed E-state index contributed by atoms with van der Waals surface area (Å²) in [5.74, 6) is 3.40. The zero-order valence-corrected chi connectivity index (χ0v) is 15.0. The van der Waals surface area contributed by atoms with Crippen molar-refractivity contribution in [3.05, 3.63) is 29.8 Å². The maximum atomic E-state index is 5.57. The molecule has 0 unspecified atom stereocenters. The SMILES string of the molecule is C#CCOc1ccccc1CNCCCCN1CCN(CC)CC1. The summed E-state index contributed by atoms with van der Waals surface area (Å²) in [6.07, 6.45) is 7.73. The van der Waals surface area contributed by atoms with Gasteiger partial charge in [-0.15, -0.1) is 6.42 Å². The summed E-state index contributed by atoms with van der Waals surface area (Å²) in [6.45, 7) is 11.7. The molecule has 4 nitrogen and oxygen atoms in total. The van der Waals surface area contributed by atoms with Gasteiger partial charge in [-0.2, -0.15) is 0 Å². The van der Waals surface area contributed by atoms with Crippen LogP contribution in [0.3, 0.4) is 0 Å². The highest BCUT2D eigenvalue weighted by molar-refractivity contribution is 5.33. The first kappa shape index (κ1) is 18.8. The molecule has 0 radical (unpaired) electrons. The van der Waals surface area contributed by atoms with Crippen LogP contribution in [-0.2, 0) is 6.54 Å². The zero-order chi connectivity index (χ0) is 17.0. The molecule has 1 heterocycles. The van der Waals surface area contributed by atoms with Crippen LogP contribution in [0.1, 0.15) is 25.3 Å². The first-order valence-electron chi connectivity index (χ1n) is 9.13. The highest BCUT2D eigenvalue weighted by atomic mass is 16.5. The van der Waals surface area contributed by atoms with Crippen LogP contribution in [0.2, 0.25) is 0 Å². The minimum absolute atomic E-state index is 0.322. The van der Waals surface area contributed by atoms with Crippen molar-refractivity contribution in [2.45, 2.75) is 26.3 Å². The number of piperazine rings is 1. The minimum atomic E-state index is 0.322. The van der Waals surface area contributed by atoms with E-state index >= 15 is 0 Å². The third-order valence-corrected chi connectivity index (χ3v) is 4.59. The molecule has 1 saturated heterocycles. The lowest BCUT2D eigenvalue weighted by atomic mass is 10.2. The van der Waals surface area contributed by atoms with E-state index in [0.717, 1.165) is 18.8 Å². The summed E-state index contributed by atoms with van der Waals surface area (Å²) in [5.41, 5.74) is 1.17. The fraction of sp³-hybridized carbons (Fsp3) is 0.600. The molecule has 1 aromatic rings. The van der Waals surface area contributed by atoms with Crippen LogP contribution in [-0.4, -0.2) is 62.2 Å². The largest absolute Gasteiger partial charge is 0.481 e. The van der Waals surface area contributed by atoms with Crippen molar-refractivity contribution in [1.82, 2.24) is 15.1 Å². The summed E-state index contributed by atoms with van der Waals surface area (Å²) in [6, 6.07) is 8.08. The third kappa shape index (κ3) is 6.52. The Hall–Kier alpha value is -1.54. The van der Waals surface area contributed by atoms with Crippen molar-refractivity contribution in [2.24, 2.45) is 0 Å². The van der Waals surface area contributed by atoms with Gasteiger partial charge in [0.25, 0.3) is 0 Å². The Labute approximate surface area is 147 Å². The molecule has 0 bridgehead atoms. The van der Waals surface area contributed by atoms with Gasteiger partial charge in [0.05, 0.1) is 0 Å².